The topological polar surface area (TPSA) is 115 Å². The summed E-state index contributed by atoms with van der Waals surface area (Å²) in [5, 5.41) is 0. The highest BCUT2D eigenvalue weighted by Crippen LogP contribution is 2.24. The van der Waals surface area contributed by atoms with Gasteiger partial charge in [-0.2, -0.15) is 0 Å². The van der Waals surface area contributed by atoms with E-state index in [1.165, 1.54) is 257 Å². The van der Waals surface area contributed by atoms with Crippen molar-refractivity contribution in [2.75, 3.05) is 73.0 Å². The van der Waals surface area contributed by atoms with Gasteiger partial charge in [0.15, 0.2) is 0 Å². The zero-order valence-corrected chi connectivity index (χ0v) is 61.8. The summed E-state index contributed by atoms with van der Waals surface area (Å²) < 4.78 is 24.5. The Balaban J connectivity index is 6.52. The number of ether oxygens (including phenoxy) is 4. The van der Waals surface area contributed by atoms with E-state index in [4.69, 9.17) is 18.9 Å². The summed E-state index contributed by atoms with van der Waals surface area (Å²) >= 11 is 0. The molecular weight excluding hydrogens is 1120 g/mol. The van der Waals surface area contributed by atoms with Crippen LogP contribution in [0.25, 0.3) is 0 Å². The van der Waals surface area contributed by atoms with Gasteiger partial charge in [0.05, 0.1) is 65.4 Å². The fourth-order valence-electron chi connectivity index (χ4n) is 12.9. The van der Waals surface area contributed by atoms with Gasteiger partial charge in [-0.05, 0) is 82.1 Å². The molecule has 0 aliphatic rings. The molecule has 0 rings (SSSR count). The molecule has 0 aliphatic carbocycles. The molecule has 0 N–H and O–H groups in total. The van der Waals surface area contributed by atoms with Crippen LogP contribution in [0, 0.1) is 23.7 Å². The summed E-state index contributed by atoms with van der Waals surface area (Å²) in [4.78, 5) is 61.5. The number of unbranched alkanes of at least 4 members (excludes halogenated alkanes) is 32. The van der Waals surface area contributed by atoms with Crippen molar-refractivity contribution in [2.24, 2.45) is 23.7 Å². The molecule has 534 valence electrons. The third-order valence-corrected chi connectivity index (χ3v) is 19.1. The predicted octanol–water partition coefficient (Wildman–Crippen LogP) is 22.5. The predicted molar refractivity (Wildman–Crippen MR) is 384 cm³/mol. The van der Waals surface area contributed by atoms with Gasteiger partial charge in [0, 0.05) is 26.2 Å². The second-order valence-corrected chi connectivity index (χ2v) is 28.2. The second kappa shape index (κ2) is 68.2. The minimum absolute atomic E-state index is 0.184. The van der Waals surface area contributed by atoms with Gasteiger partial charge >= 0.3 is 23.9 Å². The Hall–Kier alpha value is -2.24. The lowest BCUT2D eigenvalue weighted by atomic mass is 9.95. The molecule has 0 radical (unpaired) electrons. The number of hydrogen-bond donors (Lipinski definition) is 0. The minimum Gasteiger partial charge on any atom is -0.465 e. The van der Waals surface area contributed by atoms with Crippen molar-refractivity contribution in [3.63, 3.8) is 0 Å². The smallest absolute Gasteiger partial charge is 0.307 e. The van der Waals surface area contributed by atoms with Gasteiger partial charge < -0.3 is 18.9 Å². The Kier molecular flexibility index (Phi) is 66.5. The van der Waals surface area contributed by atoms with Crippen molar-refractivity contribution in [2.45, 2.75) is 389 Å². The van der Waals surface area contributed by atoms with E-state index < -0.39 is 0 Å². The maximum Gasteiger partial charge on any atom is 0.307 e. The van der Waals surface area contributed by atoms with Crippen LogP contribution in [0.1, 0.15) is 389 Å². The zero-order chi connectivity index (χ0) is 66.0. The Morgan fingerprint density at radius 1 is 0.244 bits per heavy atom. The summed E-state index contributed by atoms with van der Waals surface area (Å²) in [7, 11) is 2.06. The first-order valence-electron chi connectivity index (χ1n) is 39.7. The molecule has 0 bridgehead atoms. The molecule has 0 saturated carbocycles. The normalized spacial score (nSPS) is 13.1. The van der Waals surface area contributed by atoms with E-state index >= 15 is 0 Å². The van der Waals surface area contributed by atoms with Gasteiger partial charge in [0.1, 0.15) is 0 Å². The van der Waals surface area contributed by atoms with E-state index in [0.717, 1.165) is 51.4 Å². The number of esters is 4. The summed E-state index contributed by atoms with van der Waals surface area (Å²) in [6, 6.07) is 0. The van der Waals surface area contributed by atoms with Crippen LogP contribution in [-0.4, -0.2) is 112 Å². The highest BCUT2D eigenvalue weighted by atomic mass is 16.5. The molecule has 0 aromatic carbocycles. The Morgan fingerprint density at radius 3 is 0.578 bits per heavy atom. The molecule has 0 aromatic rings. The maximum absolute atomic E-state index is 13.7. The molecule has 0 fully saturated rings. The van der Waals surface area contributed by atoms with Gasteiger partial charge in [0.2, 0.25) is 0 Å². The summed E-state index contributed by atoms with van der Waals surface area (Å²) in [6.07, 6.45) is 59.4. The van der Waals surface area contributed by atoms with Crippen molar-refractivity contribution in [1.29, 1.82) is 0 Å². The Bertz CT molecular complexity index is 1340. The van der Waals surface area contributed by atoms with E-state index in [9.17, 15) is 19.2 Å². The molecule has 0 heterocycles. The van der Waals surface area contributed by atoms with Crippen LogP contribution < -0.4 is 0 Å². The lowest BCUT2D eigenvalue weighted by Gasteiger charge is -2.32. The highest BCUT2D eigenvalue weighted by molar-refractivity contribution is 5.71. The molecule has 0 amide bonds. The van der Waals surface area contributed by atoms with Gasteiger partial charge in [-0.3, -0.25) is 33.9 Å². The minimum atomic E-state index is -0.184. The number of rotatable bonds is 72. The summed E-state index contributed by atoms with van der Waals surface area (Å²) in [5.41, 5.74) is 0. The number of nitrogens with zero attached hydrogens (tertiary/aromatic N) is 3. The monoisotopic (exact) mass is 1270 g/mol. The molecule has 90 heavy (non-hydrogen) atoms. The molecule has 11 nitrogen and oxygen atoms in total. The van der Waals surface area contributed by atoms with Crippen LogP contribution >= 0.6 is 0 Å². The van der Waals surface area contributed by atoms with Crippen LogP contribution in [-0.2, 0) is 38.1 Å². The largest absolute Gasteiger partial charge is 0.465 e. The van der Waals surface area contributed by atoms with Gasteiger partial charge in [-0.25, -0.2) is 0 Å². The first kappa shape index (κ1) is 87.8. The lowest BCUT2D eigenvalue weighted by molar-refractivity contribution is -0.147. The average Bonchev–Trinajstić information content (AvgIpc) is 3.73. The standard InChI is InChI=1S/C79H155N3O8/c1-10-18-26-34-38-46-54-72(50-42-30-22-14-5)66-87-76(83)58-62-81(63-59-77(84)88-67-73(51-43-31-23-15-6)55-47-39-35-27-19-11-2)70-80(9)71-82(64-60-78(85)89-68-74(52-44-32-24-16-7)56-48-40-36-28-20-12-3)65-61-79(86)90-69-75(53-45-33-25-17-8)57-49-41-37-29-21-13-4/h72-75H,10-71H2,1-9H3. The van der Waals surface area contributed by atoms with Crippen molar-refractivity contribution < 1.29 is 38.1 Å². The Labute approximate surface area is 560 Å². The SMILES string of the molecule is CCCCCCCCC(CCCCCC)COC(=O)CCN(CCC(=O)OCC(CCCCCC)CCCCCCCC)CN(C)CN(CCC(=O)OCC(CCCCCC)CCCCCCCC)CCC(=O)OCC(CCCCCC)CCCCCCCC. The third kappa shape index (κ3) is 59.5. The summed E-state index contributed by atoms with van der Waals surface area (Å²) in [5.74, 6) is 0.802. The van der Waals surface area contributed by atoms with E-state index in [-0.39, 0.29) is 49.6 Å². The molecule has 11 heteroatoms. The van der Waals surface area contributed by atoms with Crippen molar-refractivity contribution in [3.8, 4) is 0 Å². The third-order valence-electron chi connectivity index (χ3n) is 19.1. The van der Waals surface area contributed by atoms with Crippen LogP contribution in [0.15, 0.2) is 0 Å². The van der Waals surface area contributed by atoms with Gasteiger partial charge in [-0.1, -0.05) is 312 Å². The van der Waals surface area contributed by atoms with Crippen molar-refractivity contribution >= 4 is 23.9 Å². The number of carbonyl (C=O) groups is 4. The molecule has 0 saturated heterocycles. The first-order valence-corrected chi connectivity index (χ1v) is 39.7. The molecule has 4 unspecified atom stereocenters. The molecule has 0 aliphatic heterocycles. The second-order valence-electron chi connectivity index (χ2n) is 28.2. The van der Waals surface area contributed by atoms with Crippen LogP contribution in [0.5, 0.6) is 0 Å². The number of carbonyl (C=O) groups excluding carboxylic acids is 4. The van der Waals surface area contributed by atoms with Gasteiger partial charge in [0.25, 0.3) is 0 Å². The van der Waals surface area contributed by atoms with E-state index in [1.807, 2.05) is 0 Å². The maximum atomic E-state index is 13.7. The van der Waals surface area contributed by atoms with Gasteiger partial charge in [-0.15, -0.1) is 0 Å². The van der Waals surface area contributed by atoms with Crippen LogP contribution in [0.3, 0.4) is 0 Å². The quantitative estimate of drug-likeness (QED) is 0.0251. The first-order chi connectivity index (χ1) is 44.0. The van der Waals surface area contributed by atoms with Crippen molar-refractivity contribution in [1.82, 2.24) is 14.7 Å². The van der Waals surface area contributed by atoms with E-state index in [1.54, 1.807) is 0 Å². The molecular formula is C79H155N3O8. The lowest BCUT2D eigenvalue weighted by Crippen LogP contribution is -2.44. The number of hydrogen-bond acceptors (Lipinski definition) is 11. The fraction of sp³-hybridized carbons (Fsp3) is 0.949. The molecule has 0 aromatic heterocycles. The highest BCUT2D eigenvalue weighted by Gasteiger charge is 2.22. The Morgan fingerprint density at radius 2 is 0.400 bits per heavy atom. The van der Waals surface area contributed by atoms with Crippen molar-refractivity contribution in [3.05, 3.63) is 0 Å². The van der Waals surface area contributed by atoms with Crippen LogP contribution in [0.2, 0.25) is 0 Å². The average molecular weight is 1280 g/mol. The van der Waals surface area contributed by atoms with E-state index in [2.05, 4.69) is 77.1 Å². The molecule has 0 spiro atoms. The van der Waals surface area contributed by atoms with Crippen LogP contribution in [0.4, 0.5) is 0 Å². The zero-order valence-electron chi connectivity index (χ0n) is 61.8. The van der Waals surface area contributed by atoms with E-state index in [0.29, 0.717) is 89.6 Å². The fourth-order valence-corrected chi connectivity index (χ4v) is 12.9. The summed E-state index contributed by atoms with van der Waals surface area (Å²) in [6.45, 7) is 22.7. The molecule has 4 atom stereocenters.